The van der Waals surface area contributed by atoms with Gasteiger partial charge in [-0.1, -0.05) is 35.3 Å². The Hall–Kier alpha value is -1.79. The van der Waals surface area contributed by atoms with Crippen LogP contribution in [0.1, 0.15) is 5.56 Å². The van der Waals surface area contributed by atoms with Crippen LogP contribution < -0.4 is 9.64 Å². The average molecular weight is 380 g/mol. The molecule has 4 rings (SSSR count). The predicted octanol–water partition coefficient (Wildman–Crippen LogP) is 3.62. The van der Waals surface area contributed by atoms with Crippen LogP contribution in [0.25, 0.3) is 0 Å². The van der Waals surface area contributed by atoms with Gasteiger partial charge in [-0.25, -0.2) is 0 Å². The monoisotopic (exact) mass is 379 g/mol. The first-order valence-electron chi connectivity index (χ1n) is 7.89. The molecule has 25 heavy (non-hydrogen) atoms. The van der Waals surface area contributed by atoms with Crippen LogP contribution >= 0.6 is 23.2 Å². The van der Waals surface area contributed by atoms with Gasteiger partial charge < -0.3 is 19.1 Å². The number of amides is 1. The quantitative estimate of drug-likeness (QED) is 0.813. The second-order valence-electron chi connectivity index (χ2n) is 5.71. The molecule has 5 nitrogen and oxygen atoms in total. The third-order valence-corrected chi connectivity index (χ3v) is 4.78. The summed E-state index contributed by atoms with van der Waals surface area (Å²) in [5.74, 6) is -1.06. The van der Waals surface area contributed by atoms with Crippen LogP contribution in [0.15, 0.2) is 42.5 Å². The van der Waals surface area contributed by atoms with Gasteiger partial charge in [0.1, 0.15) is 12.4 Å². The molecule has 1 amide bonds. The van der Waals surface area contributed by atoms with Crippen LogP contribution in [-0.4, -0.2) is 32.3 Å². The molecule has 0 bridgehead atoms. The van der Waals surface area contributed by atoms with Gasteiger partial charge in [-0.3, -0.25) is 4.79 Å². The van der Waals surface area contributed by atoms with Crippen molar-refractivity contribution >= 4 is 34.8 Å². The maximum absolute atomic E-state index is 13.0. The zero-order valence-electron chi connectivity index (χ0n) is 13.2. The van der Waals surface area contributed by atoms with E-state index in [4.69, 9.17) is 37.4 Å². The summed E-state index contributed by atoms with van der Waals surface area (Å²) in [5, 5.41) is 1.06. The van der Waals surface area contributed by atoms with Gasteiger partial charge in [-0.2, -0.15) is 0 Å². The molecule has 1 fully saturated rings. The van der Waals surface area contributed by atoms with Gasteiger partial charge >= 0.3 is 0 Å². The van der Waals surface area contributed by atoms with Crippen LogP contribution in [0.3, 0.4) is 0 Å². The first-order chi connectivity index (χ1) is 12.1. The molecule has 0 N–H and O–H groups in total. The molecule has 0 radical (unpaired) electrons. The van der Waals surface area contributed by atoms with Crippen molar-refractivity contribution in [1.82, 2.24) is 0 Å². The number of benzene rings is 2. The molecule has 0 unspecified atom stereocenters. The molecule has 2 heterocycles. The van der Waals surface area contributed by atoms with E-state index in [1.54, 1.807) is 35.2 Å². The van der Waals surface area contributed by atoms with Gasteiger partial charge in [0.15, 0.2) is 0 Å². The fourth-order valence-electron chi connectivity index (χ4n) is 3.13. The maximum atomic E-state index is 13.0. The number of anilines is 1. The lowest BCUT2D eigenvalue weighted by molar-refractivity contribution is -0.180. The van der Waals surface area contributed by atoms with Crippen LogP contribution in [0.2, 0.25) is 10.0 Å². The minimum Gasteiger partial charge on any atom is -0.490 e. The van der Waals surface area contributed by atoms with Gasteiger partial charge in [-0.15, -0.1) is 0 Å². The van der Waals surface area contributed by atoms with Crippen LogP contribution in [-0.2, 0) is 20.1 Å². The van der Waals surface area contributed by atoms with Crippen LogP contribution in [0.5, 0.6) is 5.75 Å². The van der Waals surface area contributed by atoms with Gasteiger partial charge in [0.25, 0.3) is 11.7 Å². The van der Waals surface area contributed by atoms with Crippen molar-refractivity contribution in [2.45, 2.75) is 5.79 Å². The van der Waals surface area contributed by atoms with E-state index in [2.05, 4.69) is 0 Å². The van der Waals surface area contributed by atoms with E-state index in [1.807, 2.05) is 12.1 Å². The highest BCUT2D eigenvalue weighted by atomic mass is 35.5. The Bertz CT molecular complexity index is 820. The number of hydrogen-bond donors (Lipinski definition) is 0. The fourth-order valence-corrected chi connectivity index (χ4v) is 3.49. The maximum Gasteiger partial charge on any atom is 0.292 e. The largest absolute Gasteiger partial charge is 0.490 e. The highest BCUT2D eigenvalue weighted by molar-refractivity contribution is 6.32. The number of ether oxygens (including phenoxy) is 3. The van der Waals surface area contributed by atoms with Crippen molar-refractivity contribution in [3.05, 3.63) is 58.1 Å². The minimum absolute atomic E-state index is 0.259. The summed E-state index contributed by atoms with van der Waals surface area (Å²) >= 11 is 12.2. The molecule has 2 aliphatic heterocycles. The Balaban J connectivity index is 1.56. The number of para-hydroxylation sites is 1. The van der Waals surface area contributed by atoms with Crippen molar-refractivity contribution in [3.8, 4) is 5.75 Å². The average Bonchev–Trinajstić information content (AvgIpc) is 3.18. The number of halogens is 2. The molecule has 2 aromatic carbocycles. The van der Waals surface area contributed by atoms with Gasteiger partial charge in [-0.05, 0) is 30.3 Å². The Morgan fingerprint density at radius 3 is 2.64 bits per heavy atom. The smallest absolute Gasteiger partial charge is 0.292 e. The van der Waals surface area contributed by atoms with E-state index in [0.29, 0.717) is 41.1 Å². The number of hydrogen-bond acceptors (Lipinski definition) is 4. The Labute approximate surface area is 155 Å². The van der Waals surface area contributed by atoms with E-state index < -0.39 is 5.79 Å². The normalized spacial score (nSPS) is 18.0. The molecule has 0 aliphatic carbocycles. The molecule has 0 saturated carbocycles. The summed E-state index contributed by atoms with van der Waals surface area (Å²) in [6, 6.07) is 12.5. The van der Waals surface area contributed by atoms with Crippen molar-refractivity contribution < 1.29 is 19.0 Å². The summed E-state index contributed by atoms with van der Waals surface area (Å²) < 4.78 is 17.1. The highest BCUT2D eigenvalue weighted by Gasteiger charge is 2.56. The zero-order chi connectivity index (χ0) is 17.4. The Kier molecular flexibility index (Phi) is 4.33. The standard InChI is InChI=1S/C18H15Cl2NO4/c19-12-5-6-15-13(11-12)18(24-9-10-25-18)17(22)21(15)7-8-23-16-4-2-1-3-14(16)20/h1-6,11H,7-10H2. The van der Waals surface area contributed by atoms with E-state index >= 15 is 0 Å². The van der Waals surface area contributed by atoms with Crippen molar-refractivity contribution in [3.63, 3.8) is 0 Å². The summed E-state index contributed by atoms with van der Waals surface area (Å²) in [5.41, 5.74) is 1.36. The molecule has 1 spiro atoms. The minimum atomic E-state index is -1.38. The number of nitrogens with zero attached hydrogens (tertiary/aromatic N) is 1. The summed E-state index contributed by atoms with van der Waals surface area (Å²) in [6.45, 7) is 1.35. The van der Waals surface area contributed by atoms with Gasteiger partial charge in [0.05, 0.1) is 30.5 Å². The second kappa shape index (κ2) is 6.50. The molecule has 7 heteroatoms. The number of rotatable bonds is 4. The van der Waals surface area contributed by atoms with E-state index in [9.17, 15) is 4.79 Å². The summed E-state index contributed by atoms with van der Waals surface area (Å²) in [7, 11) is 0. The lowest BCUT2D eigenvalue weighted by Gasteiger charge is -2.22. The third-order valence-electron chi connectivity index (χ3n) is 4.23. The molecular weight excluding hydrogens is 365 g/mol. The molecule has 0 aromatic heterocycles. The Morgan fingerprint density at radius 2 is 1.88 bits per heavy atom. The zero-order valence-corrected chi connectivity index (χ0v) is 14.7. The summed E-state index contributed by atoms with van der Waals surface area (Å²) in [6.07, 6.45) is 0. The van der Waals surface area contributed by atoms with Crippen molar-refractivity contribution in [2.75, 3.05) is 31.3 Å². The first-order valence-corrected chi connectivity index (χ1v) is 8.65. The molecule has 2 aliphatic rings. The topological polar surface area (TPSA) is 48.0 Å². The lowest BCUT2D eigenvalue weighted by Crippen LogP contribution is -2.42. The SMILES string of the molecule is O=C1N(CCOc2ccccc2Cl)c2ccc(Cl)cc2C12OCCO2. The number of carbonyl (C=O) groups is 1. The predicted molar refractivity (Wildman–Crippen MR) is 94.3 cm³/mol. The molecular formula is C18H15Cl2NO4. The molecule has 0 atom stereocenters. The second-order valence-corrected chi connectivity index (χ2v) is 6.55. The van der Waals surface area contributed by atoms with Gasteiger partial charge in [0.2, 0.25) is 0 Å². The number of carbonyl (C=O) groups excluding carboxylic acids is 1. The van der Waals surface area contributed by atoms with Crippen molar-refractivity contribution in [2.24, 2.45) is 0 Å². The molecule has 1 saturated heterocycles. The van der Waals surface area contributed by atoms with Crippen molar-refractivity contribution in [1.29, 1.82) is 0 Å². The summed E-state index contributed by atoms with van der Waals surface area (Å²) in [4.78, 5) is 14.6. The molecule has 130 valence electrons. The van der Waals surface area contributed by atoms with E-state index in [-0.39, 0.29) is 12.5 Å². The fraction of sp³-hybridized carbons (Fsp3) is 0.278. The highest BCUT2D eigenvalue weighted by Crippen LogP contribution is 2.46. The van der Waals surface area contributed by atoms with E-state index in [0.717, 1.165) is 5.69 Å². The lowest BCUT2D eigenvalue weighted by atomic mass is 10.1. The first kappa shape index (κ1) is 16.7. The molecule has 2 aromatic rings. The third kappa shape index (κ3) is 2.77. The van der Waals surface area contributed by atoms with E-state index in [1.165, 1.54) is 0 Å². The Morgan fingerprint density at radius 1 is 1.12 bits per heavy atom. The van der Waals surface area contributed by atoms with Crippen LogP contribution in [0.4, 0.5) is 5.69 Å². The number of fused-ring (bicyclic) bond motifs is 2. The van der Waals surface area contributed by atoms with Crippen LogP contribution in [0, 0.1) is 0 Å². The van der Waals surface area contributed by atoms with Gasteiger partial charge in [0, 0.05) is 10.6 Å².